The molecule has 1 saturated heterocycles. The number of carboxylic acid groups (broad SMARTS) is 1. The molecule has 23 heavy (non-hydrogen) atoms. The lowest BCUT2D eigenvalue weighted by molar-refractivity contribution is -0.142. The van der Waals surface area contributed by atoms with E-state index >= 15 is 0 Å². The van der Waals surface area contributed by atoms with Crippen LogP contribution in [0.3, 0.4) is 0 Å². The number of ketones is 1. The van der Waals surface area contributed by atoms with Gasteiger partial charge in [-0.2, -0.15) is 0 Å². The fourth-order valence-corrected chi connectivity index (χ4v) is 2.06. The molecule has 0 aliphatic carbocycles. The van der Waals surface area contributed by atoms with Crippen LogP contribution in [0.15, 0.2) is 0 Å². The zero-order valence-electron chi connectivity index (χ0n) is 13.3. The van der Waals surface area contributed by atoms with E-state index in [-0.39, 0.29) is 12.8 Å². The zero-order valence-corrected chi connectivity index (χ0v) is 13.3. The predicted octanol–water partition coefficient (Wildman–Crippen LogP) is -1.29. The van der Waals surface area contributed by atoms with E-state index in [4.69, 9.17) is 5.11 Å². The van der Waals surface area contributed by atoms with E-state index < -0.39 is 47.1 Å². The minimum Gasteiger partial charge on any atom is -0.480 e. The Morgan fingerprint density at radius 1 is 1.13 bits per heavy atom. The van der Waals surface area contributed by atoms with Gasteiger partial charge in [-0.05, 0) is 27.2 Å². The first-order valence-electron chi connectivity index (χ1n) is 7.26. The number of aliphatic carboxylic acids is 1. The summed E-state index contributed by atoms with van der Waals surface area (Å²) < 4.78 is 0. The van der Waals surface area contributed by atoms with Crippen molar-refractivity contribution in [3.8, 4) is 0 Å². The van der Waals surface area contributed by atoms with Gasteiger partial charge in [-0.1, -0.05) is 0 Å². The number of nitrogens with one attached hydrogen (secondary N) is 3. The van der Waals surface area contributed by atoms with Crippen molar-refractivity contribution in [2.24, 2.45) is 0 Å². The normalized spacial score (nSPS) is 24.0. The van der Waals surface area contributed by atoms with Crippen LogP contribution >= 0.6 is 0 Å². The van der Waals surface area contributed by atoms with Crippen LogP contribution in [0.5, 0.6) is 0 Å². The van der Waals surface area contributed by atoms with Gasteiger partial charge in [0.15, 0.2) is 11.3 Å². The second kappa shape index (κ2) is 7.21. The van der Waals surface area contributed by atoms with E-state index in [0.29, 0.717) is 6.42 Å². The first kappa shape index (κ1) is 18.6. The maximum absolute atomic E-state index is 12.3. The van der Waals surface area contributed by atoms with E-state index in [1.807, 2.05) is 0 Å². The highest BCUT2D eigenvalue weighted by molar-refractivity contribution is 6.13. The maximum Gasteiger partial charge on any atom is 0.325 e. The minimum absolute atomic E-state index is 0.0826. The summed E-state index contributed by atoms with van der Waals surface area (Å²) in [4.78, 5) is 58.5. The molecule has 9 heteroatoms. The molecule has 1 aliphatic heterocycles. The van der Waals surface area contributed by atoms with Crippen molar-refractivity contribution in [3.05, 3.63) is 0 Å². The van der Waals surface area contributed by atoms with Gasteiger partial charge in [-0.25, -0.2) is 0 Å². The van der Waals surface area contributed by atoms with Crippen molar-refractivity contribution < 1.29 is 29.1 Å². The Balaban J connectivity index is 2.76. The average molecular weight is 327 g/mol. The Morgan fingerprint density at radius 3 is 2.30 bits per heavy atom. The van der Waals surface area contributed by atoms with Gasteiger partial charge in [0, 0.05) is 12.8 Å². The van der Waals surface area contributed by atoms with E-state index in [2.05, 4.69) is 16.0 Å². The van der Waals surface area contributed by atoms with E-state index in [1.165, 1.54) is 20.8 Å². The third kappa shape index (κ3) is 4.51. The largest absolute Gasteiger partial charge is 0.480 e. The number of amides is 3. The highest BCUT2D eigenvalue weighted by Crippen LogP contribution is 2.16. The molecule has 0 aromatic carbocycles. The second-order valence-corrected chi connectivity index (χ2v) is 5.71. The van der Waals surface area contributed by atoms with Crippen molar-refractivity contribution in [2.75, 3.05) is 0 Å². The summed E-state index contributed by atoms with van der Waals surface area (Å²) in [6.07, 6.45) is 0.597. The standard InChI is InChI=1S/C14H21N3O6/c1-7(11(20)15-8(2)12(21)22)16-13(23)14(3)9(18)5-4-6-10(19)17-14/h7-8H,4-6H2,1-3H3,(H,15,20)(H,16,23)(H,17,19)(H,21,22)/t7-,8-,14+/m0/s1. The molecule has 0 aromatic rings. The Labute approximate surface area is 133 Å². The third-order valence-corrected chi connectivity index (χ3v) is 3.68. The van der Waals surface area contributed by atoms with E-state index in [9.17, 15) is 24.0 Å². The molecule has 3 amide bonds. The van der Waals surface area contributed by atoms with Crippen LogP contribution in [0, 0.1) is 0 Å². The summed E-state index contributed by atoms with van der Waals surface area (Å²) in [7, 11) is 0. The molecule has 0 bridgehead atoms. The molecule has 0 spiro atoms. The van der Waals surface area contributed by atoms with Crippen molar-refractivity contribution in [2.45, 2.75) is 57.7 Å². The lowest BCUT2D eigenvalue weighted by Crippen LogP contribution is -2.63. The SMILES string of the molecule is C[C@H](NC(=O)[C@H](C)NC(=O)[C@]1(C)NC(=O)CCCC1=O)C(=O)O. The maximum atomic E-state index is 12.3. The van der Waals surface area contributed by atoms with Crippen LogP contribution in [0.25, 0.3) is 0 Å². The summed E-state index contributed by atoms with van der Waals surface area (Å²) in [6, 6.07) is -2.18. The van der Waals surface area contributed by atoms with Crippen molar-refractivity contribution in [1.82, 2.24) is 16.0 Å². The van der Waals surface area contributed by atoms with Crippen molar-refractivity contribution in [1.29, 1.82) is 0 Å². The Kier molecular flexibility index (Phi) is 5.83. The van der Waals surface area contributed by atoms with Crippen molar-refractivity contribution >= 4 is 29.5 Å². The van der Waals surface area contributed by atoms with Gasteiger partial charge < -0.3 is 21.1 Å². The fourth-order valence-electron chi connectivity index (χ4n) is 2.06. The molecular formula is C14H21N3O6. The molecule has 1 heterocycles. The van der Waals surface area contributed by atoms with Gasteiger partial charge >= 0.3 is 5.97 Å². The quantitative estimate of drug-likeness (QED) is 0.463. The number of carbonyl (C=O) groups is 5. The molecule has 0 radical (unpaired) electrons. The number of carbonyl (C=O) groups excluding carboxylic acids is 4. The first-order chi connectivity index (χ1) is 10.6. The van der Waals surface area contributed by atoms with Gasteiger partial charge in [-0.15, -0.1) is 0 Å². The van der Waals surface area contributed by atoms with Crippen molar-refractivity contribution in [3.63, 3.8) is 0 Å². The van der Waals surface area contributed by atoms with Crippen LogP contribution in [-0.4, -0.2) is 52.2 Å². The predicted molar refractivity (Wildman–Crippen MR) is 78.3 cm³/mol. The number of hydrogen-bond acceptors (Lipinski definition) is 5. The Bertz CT molecular complexity index is 547. The molecular weight excluding hydrogens is 306 g/mol. The highest BCUT2D eigenvalue weighted by atomic mass is 16.4. The highest BCUT2D eigenvalue weighted by Gasteiger charge is 2.44. The third-order valence-electron chi connectivity index (χ3n) is 3.68. The monoisotopic (exact) mass is 327 g/mol. The smallest absolute Gasteiger partial charge is 0.325 e. The fraction of sp³-hybridized carbons (Fsp3) is 0.643. The van der Waals surface area contributed by atoms with E-state index in [0.717, 1.165) is 0 Å². The van der Waals surface area contributed by atoms with Gasteiger partial charge in [0.05, 0.1) is 0 Å². The second-order valence-electron chi connectivity index (χ2n) is 5.71. The van der Waals surface area contributed by atoms with Gasteiger partial charge in [0.1, 0.15) is 12.1 Å². The molecule has 3 atom stereocenters. The molecule has 9 nitrogen and oxygen atoms in total. The summed E-state index contributed by atoms with van der Waals surface area (Å²) in [5, 5.41) is 15.7. The molecule has 0 aromatic heterocycles. The summed E-state index contributed by atoms with van der Waals surface area (Å²) in [5.74, 6) is -3.57. The number of rotatable bonds is 5. The summed E-state index contributed by atoms with van der Waals surface area (Å²) in [5.41, 5.74) is -1.74. The Morgan fingerprint density at radius 2 is 1.74 bits per heavy atom. The summed E-state index contributed by atoms with van der Waals surface area (Å²) in [6.45, 7) is 3.93. The molecule has 0 unspecified atom stereocenters. The zero-order chi connectivity index (χ0) is 17.8. The number of carboxylic acids is 1. The molecule has 1 aliphatic rings. The summed E-state index contributed by atoms with van der Waals surface area (Å²) >= 11 is 0. The van der Waals surface area contributed by atoms with Gasteiger partial charge in [0.25, 0.3) is 5.91 Å². The molecule has 1 rings (SSSR count). The van der Waals surface area contributed by atoms with Crippen LogP contribution in [0.4, 0.5) is 0 Å². The molecule has 0 saturated carbocycles. The lowest BCUT2D eigenvalue weighted by Gasteiger charge is -2.28. The first-order valence-corrected chi connectivity index (χ1v) is 7.26. The topological polar surface area (TPSA) is 142 Å². The van der Waals surface area contributed by atoms with E-state index in [1.54, 1.807) is 0 Å². The lowest BCUT2D eigenvalue weighted by atomic mass is 9.93. The Hall–Kier alpha value is -2.45. The average Bonchev–Trinajstić information content (AvgIpc) is 2.58. The van der Waals surface area contributed by atoms with Gasteiger partial charge in [0.2, 0.25) is 11.8 Å². The number of Topliss-reactive ketones (excluding diaryl/α,β-unsaturated/α-hetero) is 1. The molecule has 4 N–H and O–H groups in total. The van der Waals surface area contributed by atoms with Crippen LogP contribution in [0.2, 0.25) is 0 Å². The van der Waals surface area contributed by atoms with Gasteiger partial charge in [-0.3, -0.25) is 24.0 Å². The minimum atomic E-state index is -1.74. The number of hydrogen-bond donors (Lipinski definition) is 4. The van der Waals surface area contributed by atoms with Crippen LogP contribution in [-0.2, 0) is 24.0 Å². The molecule has 1 fully saturated rings. The van der Waals surface area contributed by atoms with Crippen LogP contribution < -0.4 is 16.0 Å². The van der Waals surface area contributed by atoms with Crippen LogP contribution in [0.1, 0.15) is 40.0 Å². The molecule has 128 valence electrons.